The first kappa shape index (κ1) is 13.3. The fraction of sp³-hybridized carbons (Fsp3) is 0.889. The van der Waals surface area contributed by atoms with Crippen LogP contribution in [-0.2, 0) is 9.53 Å². The minimum Gasteiger partial charge on any atom is -0.394 e. The van der Waals surface area contributed by atoms with E-state index >= 15 is 0 Å². The molecule has 1 saturated heterocycles. The van der Waals surface area contributed by atoms with Gasteiger partial charge in [-0.15, -0.1) is 0 Å². The van der Waals surface area contributed by atoms with Crippen LogP contribution >= 0.6 is 0 Å². The molecule has 0 aromatic carbocycles. The number of carbonyl (C=O) groups is 1. The van der Waals surface area contributed by atoms with Gasteiger partial charge >= 0.3 is 0 Å². The first-order chi connectivity index (χ1) is 7.51. The number of aliphatic hydroxyl groups is 4. The Balaban J connectivity index is 2.57. The van der Waals surface area contributed by atoms with Gasteiger partial charge < -0.3 is 30.5 Å². The van der Waals surface area contributed by atoms with Crippen molar-refractivity contribution in [3.63, 3.8) is 0 Å². The van der Waals surface area contributed by atoms with E-state index in [-0.39, 0.29) is 6.42 Å². The number of nitrogens with one attached hydrogen (secondary N) is 1. The summed E-state index contributed by atoms with van der Waals surface area (Å²) >= 11 is 0. The van der Waals surface area contributed by atoms with Crippen molar-refractivity contribution in [2.45, 2.75) is 44.0 Å². The molecule has 1 aliphatic heterocycles. The molecule has 7 nitrogen and oxygen atoms in total. The maximum absolute atomic E-state index is 11.0. The quantitative estimate of drug-likeness (QED) is 0.339. The molecule has 94 valence electrons. The Labute approximate surface area is 92.7 Å². The Morgan fingerprint density at radius 1 is 1.44 bits per heavy atom. The summed E-state index contributed by atoms with van der Waals surface area (Å²) in [5, 5.41) is 39.5. The van der Waals surface area contributed by atoms with Crippen LogP contribution in [-0.4, -0.2) is 63.6 Å². The van der Waals surface area contributed by atoms with Crippen LogP contribution in [0.2, 0.25) is 0 Å². The highest BCUT2D eigenvalue weighted by atomic mass is 16.6. The highest BCUT2D eigenvalue weighted by Crippen LogP contribution is 2.22. The van der Waals surface area contributed by atoms with E-state index < -0.39 is 43.2 Å². The Morgan fingerprint density at radius 2 is 2.06 bits per heavy atom. The van der Waals surface area contributed by atoms with E-state index in [1.165, 1.54) is 0 Å². The van der Waals surface area contributed by atoms with Gasteiger partial charge in [0, 0.05) is 6.42 Å². The van der Waals surface area contributed by atoms with Crippen LogP contribution in [0.15, 0.2) is 0 Å². The minimum atomic E-state index is -1.41. The van der Waals surface area contributed by atoms with Gasteiger partial charge in [-0.25, -0.2) is 0 Å². The molecule has 1 aliphatic rings. The standard InChI is InChI=1S/C9H17NO6/c1-2-5(12)10-9(15)8-7(14)6(13)4(3-11)16-8/h4,6-9,11,13-15H,2-3H2,1H3,(H,10,12)/t4-,6-,7+,8-,9?/m1/s1. The summed E-state index contributed by atoms with van der Waals surface area (Å²) in [6.45, 7) is 1.14. The largest absolute Gasteiger partial charge is 0.394 e. The maximum atomic E-state index is 11.0. The molecule has 1 fully saturated rings. The molecule has 1 unspecified atom stereocenters. The molecule has 16 heavy (non-hydrogen) atoms. The lowest BCUT2D eigenvalue weighted by molar-refractivity contribution is -0.131. The predicted octanol–water partition coefficient (Wildman–Crippen LogP) is -2.69. The summed E-state index contributed by atoms with van der Waals surface area (Å²) in [5.74, 6) is -0.398. The van der Waals surface area contributed by atoms with E-state index in [0.717, 1.165) is 0 Å². The van der Waals surface area contributed by atoms with Gasteiger partial charge in [0.15, 0.2) is 6.23 Å². The third kappa shape index (κ3) is 2.69. The SMILES string of the molecule is CCC(=O)NC(O)[C@@H]1O[C@H](CO)[C@@H](O)[C@@H]1O. The van der Waals surface area contributed by atoms with Gasteiger partial charge in [-0.2, -0.15) is 0 Å². The van der Waals surface area contributed by atoms with Crippen molar-refractivity contribution in [2.75, 3.05) is 6.61 Å². The monoisotopic (exact) mass is 235 g/mol. The zero-order chi connectivity index (χ0) is 12.3. The number of aliphatic hydroxyl groups excluding tert-OH is 4. The topological polar surface area (TPSA) is 119 Å². The average molecular weight is 235 g/mol. The average Bonchev–Trinajstić information content (AvgIpc) is 2.55. The van der Waals surface area contributed by atoms with E-state index in [0.29, 0.717) is 0 Å². The number of carbonyl (C=O) groups excluding carboxylic acids is 1. The van der Waals surface area contributed by atoms with Crippen molar-refractivity contribution < 1.29 is 30.0 Å². The van der Waals surface area contributed by atoms with Crippen LogP contribution in [0.5, 0.6) is 0 Å². The van der Waals surface area contributed by atoms with Gasteiger partial charge in [0.1, 0.15) is 24.4 Å². The van der Waals surface area contributed by atoms with Crippen LogP contribution in [0.1, 0.15) is 13.3 Å². The van der Waals surface area contributed by atoms with Crippen molar-refractivity contribution in [1.29, 1.82) is 0 Å². The number of hydrogen-bond acceptors (Lipinski definition) is 6. The molecule has 0 aromatic rings. The van der Waals surface area contributed by atoms with Crippen molar-refractivity contribution in [3.8, 4) is 0 Å². The maximum Gasteiger partial charge on any atom is 0.221 e. The lowest BCUT2D eigenvalue weighted by Crippen LogP contribution is -2.48. The lowest BCUT2D eigenvalue weighted by Gasteiger charge is -2.21. The van der Waals surface area contributed by atoms with Crippen LogP contribution in [0, 0.1) is 0 Å². The van der Waals surface area contributed by atoms with Crippen LogP contribution in [0.25, 0.3) is 0 Å². The molecule has 7 heteroatoms. The smallest absolute Gasteiger partial charge is 0.221 e. The fourth-order valence-corrected chi connectivity index (χ4v) is 1.54. The molecule has 0 aliphatic carbocycles. The summed E-state index contributed by atoms with van der Waals surface area (Å²) < 4.78 is 5.03. The third-order valence-electron chi connectivity index (χ3n) is 2.52. The van der Waals surface area contributed by atoms with Gasteiger partial charge in [0.05, 0.1) is 6.61 Å². The molecule has 0 bridgehead atoms. The second-order valence-corrected chi connectivity index (χ2v) is 3.67. The van der Waals surface area contributed by atoms with E-state index in [9.17, 15) is 20.1 Å². The van der Waals surface area contributed by atoms with Crippen molar-refractivity contribution in [2.24, 2.45) is 0 Å². The molecule has 0 saturated carbocycles. The molecule has 0 aromatic heterocycles. The minimum absolute atomic E-state index is 0.186. The Kier molecular flexibility index (Phi) is 4.63. The fourth-order valence-electron chi connectivity index (χ4n) is 1.54. The Bertz CT molecular complexity index is 248. The molecule has 1 rings (SSSR count). The first-order valence-corrected chi connectivity index (χ1v) is 5.11. The molecule has 1 heterocycles. The second-order valence-electron chi connectivity index (χ2n) is 3.67. The van der Waals surface area contributed by atoms with Crippen LogP contribution < -0.4 is 5.32 Å². The summed E-state index contributed by atoms with van der Waals surface area (Å²) in [7, 11) is 0. The highest BCUT2D eigenvalue weighted by Gasteiger charge is 2.45. The summed E-state index contributed by atoms with van der Waals surface area (Å²) in [4.78, 5) is 11.0. The van der Waals surface area contributed by atoms with E-state index in [1.807, 2.05) is 0 Å². The van der Waals surface area contributed by atoms with Crippen LogP contribution in [0.4, 0.5) is 0 Å². The van der Waals surface area contributed by atoms with Crippen molar-refractivity contribution >= 4 is 5.91 Å². The highest BCUT2D eigenvalue weighted by molar-refractivity contribution is 5.75. The number of amides is 1. The van der Waals surface area contributed by atoms with Crippen molar-refractivity contribution in [3.05, 3.63) is 0 Å². The van der Waals surface area contributed by atoms with Crippen LogP contribution in [0.3, 0.4) is 0 Å². The molecular formula is C9H17NO6. The second kappa shape index (κ2) is 5.55. The zero-order valence-electron chi connectivity index (χ0n) is 8.91. The predicted molar refractivity (Wildman–Crippen MR) is 52.2 cm³/mol. The zero-order valence-corrected chi connectivity index (χ0v) is 8.91. The number of rotatable bonds is 4. The summed E-state index contributed by atoms with van der Waals surface area (Å²) in [6.07, 6.45) is -5.93. The molecule has 0 radical (unpaired) electrons. The molecule has 0 spiro atoms. The van der Waals surface area contributed by atoms with Gasteiger partial charge in [0.25, 0.3) is 0 Å². The summed E-state index contributed by atoms with van der Waals surface area (Å²) in [5.41, 5.74) is 0. The lowest BCUT2D eigenvalue weighted by atomic mass is 10.1. The van der Waals surface area contributed by atoms with Gasteiger partial charge in [0.2, 0.25) is 5.91 Å². The number of ether oxygens (including phenoxy) is 1. The third-order valence-corrected chi connectivity index (χ3v) is 2.52. The van der Waals surface area contributed by atoms with E-state index in [2.05, 4.69) is 5.32 Å². The van der Waals surface area contributed by atoms with Gasteiger partial charge in [-0.05, 0) is 0 Å². The molecular weight excluding hydrogens is 218 g/mol. The Morgan fingerprint density at radius 3 is 2.50 bits per heavy atom. The van der Waals surface area contributed by atoms with Gasteiger partial charge in [-0.1, -0.05) is 6.92 Å². The summed E-state index contributed by atoms with van der Waals surface area (Å²) in [6, 6.07) is 0. The normalized spacial score (nSPS) is 36.1. The molecule has 1 amide bonds. The number of hydrogen-bond donors (Lipinski definition) is 5. The van der Waals surface area contributed by atoms with E-state index in [4.69, 9.17) is 9.84 Å². The molecule has 5 N–H and O–H groups in total. The van der Waals surface area contributed by atoms with E-state index in [1.54, 1.807) is 6.92 Å². The Hall–Kier alpha value is -0.730. The molecule has 5 atom stereocenters. The van der Waals surface area contributed by atoms with Gasteiger partial charge in [-0.3, -0.25) is 4.79 Å². The van der Waals surface area contributed by atoms with Crippen molar-refractivity contribution in [1.82, 2.24) is 5.32 Å². The first-order valence-electron chi connectivity index (χ1n) is 5.11.